The first-order chi connectivity index (χ1) is 14.7. The van der Waals surface area contributed by atoms with Crippen LogP contribution in [0.5, 0.6) is 11.6 Å². The zero-order valence-corrected chi connectivity index (χ0v) is 17.8. The molecule has 12 heteroatoms. The molecule has 3 aromatic rings. The summed E-state index contributed by atoms with van der Waals surface area (Å²) in [5.74, 6) is -13.0. The number of benzene rings is 2. The van der Waals surface area contributed by atoms with Gasteiger partial charge in [0.1, 0.15) is 12.4 Å². The highest BCUT2D eigenvalue weighted by Crippen LogP contribution is 2.38. The Kier molecular flexibility index (Phi) is 6.45. The van der Waals surface area contributed by atoms with Gasteiger partial charge in [-0.1, -0.05) is 30.3 Å². The quantitative estimate of drug-likeness (QED) is 0.139. The number of nitrogens with zero attached hydrogens (tertiary/aromatic N) is 1. The fourth-order valence-corrected chi connectivity index (χ4v) is 2.91. The molecule has 1 heterocycles. The smallest absolute Gasteiger partial charge is 0.385 e. The molecule has 3 rings (SSSR count). The van der Waals surface area contributed by atoms with E-state index in [-0.39, 0.29) is 18.0 Å². The van der Waals surface area contributed by atoms with Crippen LogP contribution >= 0.6 is 15.9 Å². The van der Waals surface area contributed by atoms with Gasteiger partial charge in [0.15, 0.2) is 0 Å². The number of aromatic nitrogens is 1. The van der Waals surface area contributed by atoms with Gasteiger partial charge in [0, 0.05) is 17.5 Å². The molecule has 0 fully saturated rings. The molecule has 0 radical (unpaired) electrons. The van der Waals surface area contributed by atoms with Gasteiger partial charge >= 0.3 is 11.8 Å². The largest absolute Gasteiger partial charge is 0.473 e. The van der Waals surface area contributed by atoms with E-state index < -0.39 is 28.0 Å². The Labute approximate surface area is 189 Å². The third-order valence-electron chi connectivity index (χ3n) is 4.51. The Hall–Kier alpha value is -2.39. The average molecular weight is 514 g/mol. The summed E-state index contributed by atoms with van der Waals surface area (Å²) >= 11 is 1.98. The summed E-state index contributed by atoms with van der Waals surface area (Å²) in [7, 11) is 0. The molecule has 8 N–H and O–H groups in total. The molecule has 0 bridgehead atoms. The Morgan fingerprint density at radius 2 is 1.41 bits per heavy atom. The van der Waals surface area contributed by atoms with Crippen molar-refractivity contribution in [3.05, 3.63) is 66.2 Å². The number of ether oxygens (including phenoxy) is 2. The molecular formula is C20H20BrNO10. The lowest BCUT2D eigenvalue weighted by molar-refractivity contribution is -0.523. The van der Waals surface area contributed by atoms with Gasteiger partial charge in [0.25, 0.3) is 10.5 Å². The normalized spacial score (nSPS) is 13.3. The van der Waals surface area contributed by atoms with Crippen LogP contribution in [0.2, 0.25) is 0 Å². The van der Waals surface area contributed by atoms with Crippen LogP contribution in [0, 0.1) is 0 Å². The second-order valence-electron chi connectivity index (χ2n) is 6.92. The molecule has 2 aromatic carbocycles. The average Bonchev–Trinajstić information content (AvgIpc) is 2.71. The van der Waals surface area contributed by atoms with Crippen molar-refractivity contribution in [2.75, 3.05) is 0 Å². The van der Waals surface area contributed by atoms with Crippen LogP contribution in [0.3, 0.4) is 0 Å². The minimum absolute atomic E-state index is 0.241. The van der Waals surface area contributed by atoms with E-state index in [1.165, 1.54) is 18.2 Å². The minimum Gasteiger partial charge on any atom is -0.473 e. The SMILES string of the molecule is OC(O)(Br)C(O)(O)C(O)(O)C(O)(O)Oc1ccc2ccc(OCc3ccccc3)nc2c1. The molecule has 0 unspecified atom stereocenters. The maximum Gasteiger partial charge on any atom is 0.385 e. The van der Waals surface area contributed by atoms with Crippen molar-refractivity contribution in [1.82, 2.24) is 4.98 Å². The van der Waals surface area contributed by atoms with Crippen molar-refractivity contribution in [3.63, 3.8) is 0 Å². The van der Waals surface area contributed by atoms with E-state index in [9.17, 15) is 40.9 Å². The summed E-state index contributed by atoms with van der Waals surface area (Å²) in [5, 5.41) is 78.0. The fraction of sp³-hybridized carbons (Fsp3) is 0.250. The Balaban J connectivity index is 1.84. The summed E-state index contributed by atoms with van der Waals surface area (Å²) in [4.78, 5) is 4.25. The first kappa shape index (κ1) is 24.3. The second-order valence-corrected chi connectivity index (χ2v) is 8.03. The van der Waals surface area contributed by atoms with Crippen molar-refractivity contribution >= 4 is 26.8 Å². The Bertz CT molecular complexity index is 1080. The molecule has 0 saturated heterocycles. The van der Waals surface area contributed by atoms with Crippen LogP contribution in [-0.4, -0.2) is 68.1 Å². The monoisotopic (exact) mass is 513 g/mol. The molecule has 0 aliphatic heterocycles. The minimum atomic E-state index is -4.42. The molecule has 172 valence electrons. The molecule has 32 heavy (non-hydrogen) atoms. The predicted molar refractivity (Wildman–Crippen MR) is 111 cm³/mol. The molecule has 0 amide bonds. The van der Waals surface area contributed by atoms with E-state index >= 15 is 0 Å². The van der Waals surface area contributed by atoms with E-state index in [0.717, 1.165) is 5.56 Å². The van der Waals surface area contributed by atoms with Crippen molar-refractivity contribution in [1.29, 1.82) is 0 Å². The standard InChI is InChI=1S/C20H20BrNO10/c21-19(27,28)17(23,24)18(25,26)20(29,30)32-14-8-6-13-7-9-16(22-15(13)10-14)31-11-12-4-2-1-3-5-12/h1-10,23-30H,11H2. The lowest BCUT2D eigenvalue weighted by Gasteiger charge is -2.44. The first-order valence-corrected chi connectivity index (χ1v) is 9.78. The molecule has 0 aliphatic rings. The summed E-state index contributed by atoms with van der Waals surface area (Å²) < 4.78 is 6.55. The lowest BCUT2D eigenvalue weighted by atomic mass is 10.0. The molecule has 0 saturated carbocycles. The van der Waals surface area contributed by atoms with Crippen LogP contribution in [0.25, 0.3) is 10.9 Å². The number of fused-ring (bicyclic) bond motifs is 1. The van der Waals surface area contributed by atoms with Gasteiger partial charge in [-0.3, -0.25) is 0 Å². The molecule has 1 aromatic heterocycles. The van der Waals surface area contributed by atoms with E-state index in [1.54, 1.807) is 12.1 Å². The highest BCUT2D eigenvalue weighted by atomic mass is 79.9. The van der Waals surface area contributed by atoms with Gasteiger partial charge in [-0.15, -0.1) is 0 Å². The third-order valence-corrected chi connectivity index (χ3v) is 5.06. The summed E-state index contributed by atoms with van der Waals surface area (Å²) in [6, 6.07) is 16.4. The zero-order valence-electron chi connectivity index (χ0n) is 16.2. The fourth-order valence-electron chi connectivity index (χ4n) is 2.64. The maximum absolute atomic E-state index is 9.96. The number of hydrogen-bond acceptors (Lipinski definition) is 11. The predicted octanol–water partition coefficient (Wildman–Crippen LogP) is -0.774. The van der Waals surface area contributed by atoms with Gasteiger partial charge in [0.05, 0.1) is 5.52 Å². The van der Waals surface area contributed by atoms with Crippen molar-refractivity contribution in [2.45, 2.75) is 28.9 Å². The topological polar surface area (TPSA) is 193 Å². The van der Waals surface area contributed by atoms with Gasteiger partial charge < -0.3 is 50.3 Å². The van der Waals surface area contributed by atoms with Crippen LogP contribution in [-0.2, 0) is 6.61 Å². The molecule has 0 atom stereocenters. The summed E-state index contributed by atoms with van der Waals surface area (Å²) in [6.07, 6.45) is 0. The van der Waals surface area contributed by atoms with Crippen molar-refractivity contribution < 1.29 is 50.3 Å². The van der Waals surface area contributed by atoms with Gasteiger partial charge in [-0.05, 0) is 39.7 Å². The molecular weight excluding hydrogens is 494 g/mol. The van der Waals surface area contributed by atoms with E-state index in [0.29, 0.717) is 5.39 Å². The van der Waals surface area contributed by atoms with Gasteiger partial charge in [-0.2, -0.15) is 0 Å². The maximum atomic E-state index is 9.96. The van der Waals surface area contributed by atoms with Crippen LogP contribution in [0.15, 0.2) is 60.7 Å². The van der Waals surface area contributed by atoms with Crippen molar-refractivity contribution in [3.8, 4) is 11.6 Å². The second kappa shape index (κ2) is 8.51. The number of aliphatic hydroxyl groups is 8. The van der Waals surface area contributed by atoms with Crippen molar-refractivity contribution in [2.24, 2.45) is 0 Å². The highest BCUT2D eigenvalue weighted by molar-refractivity contribution is 9.10. The number of rotatable bonds is 8. The Morgan fingerprint density at radius 3 is 2.03 bits per heavy atom. The molecule has 0 aliphatic carbocycles. The van der Waals surface area contributed by atoms with E-state index in [4.69, 9.17) is 9.47 Å². The van der Waals surface area contributed by atoms with E-state index in [1.807, 2.05) is 46.3 Å². The molecule has 11 nitrogen and oxygen atoms in total. The zero-order chi connectivity index (χ0) is 23.8. The van der Waals surface area contributed by atoms with E-state index in [2.05, 4.69) is 4.98 Å². The van der Waals surface area contributed by atoms with Gasteiger partial charge in [0.2, 0.25) is 5.88 Å². The third kappa shape index (κ3) is 4.68. The highest BCUT2D eigenvalue weighted by Gasteiger charge is 2.72. The summed E-state index contributed by atoms with van der Waals surface area (Å²) in [6.45, 7) is 0.245. The first-order valence-electron chi connectivity index (χ1n) is 8.99. The summed E-state index contributed by atoms with van der Waals surface area (Å²) in [5.41, 5.74) is 1.16. The van der Waals surface area contributed by atoms with Gasteiger partial charge in [-0.25, -0.2) is 4.98 Å². The Morgan fingerprint density at radius 1 is 0.781 bits per heavy atom. The van der Waals surface area contributed by atoms with Crippen LogP contribution in [0.4, 0.5) is 0 Å². The number of hydrogen-bond donors (Lipinski definition) is 8. The van der Waals surface area contributed by atoms with Crippen LogP contribution < -0.4 is 9.47 Å². The lowest BCUT2D eigenvalue weighted by Crippen LogP contribution is -2.76. The van der Waals surface area contributed by atoms with Crippen LogP contribution in [0.1, 0.15) is 5.56 Å². The number of halogens is 1. The number of alkyl halides is 1. The molecule has 0 spiro atoms. The number of pyridine rings is 1.